The summed E-state index contributed by atoms with van der Waals surface area (Å²) in [4.78, 5) is 9.15. The molecule has 7 nitrogen and oxygen atoms in total. The summed E-state index contributed by atoms with van der Waals surface area (Å²) in [6, 6.07) is 21.4. The molecule has 5 aromatic rings. The minimum absolute atomic E-state index is 0.527. The molecular formula is C22H19N5O2S. The summed E-state index contributed by atoms with van der Waals surface area (Å²) in [5.74, 6) is 0. The van der Waals surface area contributed by atoms with Gasteiger partial charge in [-0.3, -0.25) is 19.5 Å². The van der Waals surface area contributed by atoms with E-state index in [1.165, 1.54) is 0 Å². The number of fused-ring (bicyclic) bond motifs is 2. The van der Waals surface area contributed by atoms with Gasteiger partial charge in [0, 0.05) is 22.8 Å². The lowest BCUT2D eigenvalue weighted by atomic mass is 10.1. The number of hydrogen-bond donors (Lipinski definition) is 2. The number of nitrogens with zero attached hydrogens (tertiary/aromatic N) is 3. The van der Waals surface area contributed by atoms with Crippen LogP contribution in [0.25, 0.3) is 33.3 Å². The van der Waals surface area contributed by atoms with Gasteiger partial charge in [0.25, 0.3) is 0 Å². The fourth-order valence-electron chi connectivity index (χ4n) is 3.49. The minimum Gasteiger partial charge on any atom is -0.293 e. The Morgan fingerprint density at radius 2 is 1.87 bits per heavy atom. The molecule has 0 spiro atoms. The molecule has 30 heavy (non-hydrogen) atoms. The van der Waals surface area contributed by atoms with Crippen molar-refractivity contribution in [3.63, 3.8) is 0 Å². The van der Waals surface area contributed by atoms with Crippen molar-refractivity contribution >= 4 is 37.8 Å². The highest BCUT2D eigenvalue weighted by molar-refractivity contribution is 7.92. The van der Waals surface area contributed by atoms with E-state index in [1.807, 2.05) is 41.1 Å². The Labute approximate surface area is 173 Å². The Hall–Kier alpha value is -3.65. The lowest BCUT2D eigenvalue weighted by Crippen LogP contribution is -2.13. The van der Waals surface area contributed by atoms with E-state index in [-0.39, 0.29) is 0 Å². The third kappa shape index (κ3) is 3.65. The highest BCUT2D eigenvalue weighted by Crippen LogP contribution is 2.24. The molecule has 3 heterocycles. The van der Waals surface area contributed by atoms with E-state index in [2.05, 4.69) is 33.0 Å². The molecule has 2 aromatic carbocycles. The van der Waals surface area contributed by atoms with Crippen LogP contribution in [0.2, 0.25) is 0 Å². The summed E-state index contributed by atoms with van der Waals surface area (Å²) in [7, 11) is -3.29. The lowest BCUT2D eigenvalue weighted by molar-refractivity contribution is 0.607. The summed E-state index contributed by atoms with van der Waals surface area (Å²) in [6.07, 6.45) is 2.93. The van der Waals surface area contributed by atoms with Crippen LogP contribution in [0.3, 0.4) is 0 Å². The predicted molar refractivity (Wildman–Crippen MR) is 119 cm³/mol. The maximum absolute atomic E-state index is 11.4. The molecule has 8 heteroatoms. The average Bonchev–Trinajstić information content (AvgIpc) is 2.71. The maximum Gasteiger partial charge on any atom is 0.229 e. The van der Waals surface area contributed by atoms with Crippen molar-refractivity contribution in [2.24, 2.45) is 0 Å². The summed E-state index contributed by atoms with van der Waals surface area (Å²) in [5.41, 5.74) is 6.28. The smallest absolute Gasteiger partial charge is 0.229 e. The quantitative estimate of drug-likeness (QED) is 0.452. The van der Waals surface area contributed by atoms with Gasteiger partial charge >= 0.3 is 0 Å². The van der Waals surface area contributed by atoms with E-state index in [0.29, 0.717) is 12.2 Å². The number of benzene rings is 2. The van der Waals surface area contributed by atoms with E-state index < -0.39 is 10.0 Å². The van der Waals surface area contributed by atoms with Crippen molar-refractivity contribution in [1.82, 2.24) is 19.7 Å². The zero-order valence-electron chi connectivity index (χ0n) is 16.2. The molecule has 0 radical (unpaired) electrons. The number of rotatable bonds is 5. The summed E-state index contributed by atoms with van der Waals surface area (Å²) < 4.78 is 27.2. The van der Waals surface area contributed by atoms with E-state index >= 15 is 0 Å². The number of H-pyrrole nitrogens is 1. The monoisotopic (exact) mass is 417 g/mol. The molecule has 0 aliphatic carbocycles. The molecule has 0 bridgehead atoms. The molecule has 2 N–H and O–H groups in total. The van der Waals surface area contributed by atoms with Crippen LogP contribution >= 0.6 is 0 Å². The average molecular weight is 417 g/mol. The van der Waals surface area contributed by atoms with Crippen LogP contribution in [0, 0.1) is 0 Å². The molecule has 0 aliphatic rings. The number of aromatic amines is 1. The summed E-state index contributed by atoms with van der Waals surface area (Å²) >= 11 is 0. The van der Waals surface area contributed by atoms with E-state index in [0.717, 1.165) is 45.1 Å². The molecule has 0 amide bonds. The first-order valence-electron chi connectivity index (χ1n) is 9.42. The summed E-state index contributed by atoms with van der Waals surface area (Å²) in [6.45, 7) is 0.686. The van der Waals surface area contributed by atoms with E-state index in [9.17, 15) is 8.42 Å². The molecular weight excluding hydrogens is 398 g/mol. The van der Waals surface area contributed by atoms with Crippen LogP contribution in [-0.4, -0.2) is 34.4 Å². The molecule has 0 fully saturated rings. The number of aromatic nitrogens is 4. The second-order valence-electron chi connectivity index (χ2n) is 7.25. The third-order valence-electron chi connectivity index (χ3n) is 4.88. The van der Waals surface area contributed by atoms with Gasteiger partial charge in [0.2, 0.25) is 10.0 Å². The number of pyridine rings is 2. The first-order valence-corrected chi connectivity index (χ1v) is 11.3. The fraction of sp³-hybridized carbons (Fsp3) is 0.0909. The highest BCUT2D eigenvalue weighted by Gasteiger charge is 2.11. The Morgan fingerprint density at radius 1 is 1.03 bits per heavy atom. The van der Waals surface area contributed by atoms with Crippen LogP contribution in [-0.2, 0) is 16.6 Å². The Bertz CT molecular complexity index is 1470. The van der Waals surface area contributed by atoms with Gasteiger partial charge in [0.05, 0.1) is 29.5 Å². The van der Waals surface area contributed by atoms with Gasteiger partial charge in [-0.25, -0.2) is 13.4 Å². The van der Waals surface area contributed by atoms with Crippen molar-refractivity contribution in [3.8, 4) is 11.3 Å². The zero-order valence-corrected chi connectivity index (χ0v) is 17.0. The van der Waals surface area contributed by atoms with Gasteiger partial charge < -0.3 is 0 Å². The first kappa shape index (κ1) is 18.4. The topological polar surface area (TPSA) is 92.7 Å². The lowest BCUT2D eigenvalue weighted by Gasteiger charge is -2.17. The number of nitrogens with one attached hydrogen (secondary N) is 2. The van der Waals surface area contributed by atoms with Crippen molar-refractivity contribution < 1.29 is 8.42 Å². The van der Waals surface area contributed by atoms with Crippen LogP contribution in [0.4, 0.5) is 5.69 Å². The van der Waals surface area contributed by atoms with E-state index in [1.54, 1.807) is 18.3 Å². The fourth-order valence-corrected chi connectivity index (χ4v) is 4.06. The number of hydrogen-bond acceptors (Lipinski definition) is 4. The van der Waals surface area contributed by atoms with Crippen molar-refractivity contribution in [2.75, 3.05) is 11.0 Å². The first-order chi connectivity index (χ1) is 14.4. The van der Waals surface area contributed by atoms with Crippen LogP contribution in [0.1, 0.15) is 5.56 Å². The Kier molecular flexibility index (Phi) is 4.29. The summed E-state index contributed by atoms with van der Waals surface area (Å²) in [5, 5.41) is 4.42. The van der Waals surface area contributed by atoms with Crippen LogP contribution in [0.5, 0.6) is 0 Å². The van der Waals surface area contributed by atoms with Gasteiger partial charge in [0.1, 0.15) is 0 Å². The molecule has 0 aliphatic heterocycles. The van der Waals surface area contributed by atoms with Gasteiger partial charge in [0.15, 0.2) is 5.65 Å². The molecule has 150 valence electrons. The zero-order chi connectivity index (χ0) is 20.7. The molecule has 0 atom stereocenters. The minimum atomic E-state index is -3.29. The second-order valence-corrected chi connectivity index (χ2v) is 9.00. The largest absolute Gasteiger partial charge is 0.293 e. The van der Waals surface area contributed by atoms with Gasteiger partial charge in [-0.15, -0.1) is 0 Å². The molecule has 3 aromatic heterocycles. The molecule has 0 saturated heterocycles. The van der Waals surface area contributed by atoms with Gasteiger partial charge in [-0.1, -0.05) is 24.3 Å². The Morgan fingerprint density at radius 3 is 2.67 bits per heavy atom. The molecule has 0 unspecified atom stereocenters. The number of sulfonamides is 1. The Balaban J connectivity index is 1.41. The third-order valence-corrected chi connectivity index (χ3v) is 5.48. The molecule has 0 saturated carbocycles. The second kappa shape index (κ2) is 7.00. The predicted octanol–water partition coefficient (Wildman–Crippen LogP) is 4.00. The number of anilines is 1. The van der Waals surface area contributed by atoms with Crippen molar-refractivity contribution in [2.45, 2.75) is 6.54 Å². The van der Waals surface area contributed by atoms with E-state index in [4.69, 9.17) is 4.98 Å². The van der Waals surface area contributed by atoms with Gasteiger partial charge in [-0.05, 0) is 48.0 Å². The highest BCUT2D eigenvalue weighted by atomic mass is 32.2. The van der Waals surface area contributed by atoms with Crippen molar-refractivity contribution in [3.05, 3.63) is 78.5 Å². The van der Waals surface area contributed by atoms with Gasteiger partial charge in [-0.2, -0.15) is 0 Å². The maximum atomic E-state index is 11.4. The van der Waals surface area contributed by atoms with Crippen molar-refractivity contribution in [1.29, 1.82) is 0 Å². The SMILES string of the molecule is CS(=O)(=O)Nc1ccc(-c2ccc3[nH]n(Cc4ccc5ncccc5c4)c3n2)cc1. The standard InChI is InChI=1S/C22H19N5O2S/c1-30(28,29)26-18-7-5-16(6-8-18)20-10-11-21-22(24-20)27(25-21)14-15-4-9-19-17(13-15)3-2-12-23-19/h2-13,25-26H,14H2,1H3. The molecule has 5 rings (SSSR count). The van der Waals surface area contributed by atoms with Crippen LogP contribution < -0.4 is 4.72 Å². The van der Waals surface area contributed by atoms with Crippen LogP contribution in [0.15, 0.2) is 72.9 Å². The normalized spacial score (nSPS) is 11.9.